The topological polar surface area (TPSA) is 64.7 Å². The number of benzene rings is 1. The summed E-state index contributed by atoms with van der Waals surface area (Å²) >= 11 is 0. The Morgan fingerprint density at radius 2 is 1.94 bits per heavy atom. The summed E-state index contributed by atoms with van der Waals surface area (Å²) in [6.45, 7) is 0.818. The van der Waals surface area contributed by atoms with Crippen molar-refractivity contribution in [1.82, 2.24) is 0 Å². The molecule has 18 heavy (non-hydrogen) atoms. The van der Waals surface area contributed by atoms with Gasteiger partial charge in [0.1, 0.15) is 5.75 Å². The smallest absolute Gasteiger partial charge is 0.231 e. The molecule has 1 aromatic carbocycles. The summed E-state index contributed by atoms with van der Waals surface area (Å²) in [5, 5.41) is 9.84. The standard InChI is InChI=1S/C14H19NO3/c15-8-14(4-2-1-3-5-14)11-6-10(16)7-12-13(11)18-9-17-12/h6-7,16H,1-5,8-9,15H2. The van der Waals surface area contributed by atoms with Crippen LogP contribution >= 0.6 is 0 Å². The second-order valence-corrected chi connectivity index (χ2v) is 5.27. The predicted octanol–water partition coefficient (Wildman–Crippen LogP) is 2.28. The number of phenols is 1. The molecular weight excluding hydrogens is 230 g/mol. The third-order valence-electron chi connectivity index (χ3n) is 4.23. The van der Waals surface area contributed by atoms with Crippen molar-refractivity contribution in [2.75, 3.05) is 13.3 Å². The molecule has 0 unspecified atom stereocenters. The van der Waals surface area contributed by atoms with Gasteiger partial charge >= 0.3 is 0 Å². The summed E-state index contributed by atoms with van der Waals surface area (Å²) in [7, 11) is 0. The van der Waals surface area contributed by atoms with Gasteiger partial charge in [0.05, 0.1) is 0 Å². The van der Waals surface area contributed by atoms with Gasteiger partial charge in [-0.15, -0.1) is 0 Å². The molecular formula is C14H19NO3. The Kier molecular flexibility index (Phi) is 2.82. The summed E-state index contributed by atoms with van der Waals surface area (Å²) in [5.74, 6) is 1.65. The average Bonchev–Trinajstić information content (AvgIpc) is 2.86. The SMILES string of the molecule is NCC1(c2cc(O)cc3c2OCO3)CCCCC1. The van der Waals surface area contributed by atoms with Crippen LogP contribution in [-0.2, 0) is 5.41 Å². The highest BCUT2D eigenvalue weighted by Crippen LogP contribution is 2.49. The molecule has 0 atom stereocenters. The second kappa shape index (κ2) is 4.35. The van der Waals surface area contributed by atoms with Crippen molar-refractivity contribution >= 4 is 0 Å². The maximum Gasteiger partial charge on any atom is 0.231 e. The lowest BCUT2D eigenvalue weighted by Gasteiger charge is -2.37. The van der Waals surface area contributed by atoms with Crippen molar-refractivity contribution in [3.05, 3.63) is 17.7 Å². The van der Waals surface area contributed by atoms with E-state index in [-0.39, 0.29) is 18.0 Å². The van der Waals surface area contributed by atoms with Gasteiger partial charge in [0.2, 0.25) is 6.79 Å². The number of phenolic OH excluding ortho intramolecular Hbond substituents is 1. The zero-order chi connectivity index (χ0) is 12.6. The summed E-state index contributed by atoms with van der Waals surface area (Å²) < 4.78 is 11.0. The Balaban J connectivity index is 2.09. The lowest BCUT2D eigenvalue weighted by Crippen LogP contribution is -2.37. The summed E-state index contributed by atoms with van der Waals surface area (Å²) in [4.78, 5) is 0. The Morgan fingerprint density at radius 3 is 2.67 bits per heavy atom. The minimum Gasteiger partial charge on any atom is -0.508 e. The number of hydrogen-bond donors (Lipinski definition) is 2. The van der Waals surface area contributed by atoms with E-state index >= 15 is 0 Å². The molecule has 2 aliphatic rings. The number of hydrogen-bond acceptors (Lipinski definition) is 4. The van der Waals surface area contributed by atoms with Crippen LogP contribution in [0.25, 0.3) is 0 Å². The largest absolute Gasteiger partial charge is 0.508 e. The van der Waals surface area contributed by atoms with E-state index in [1.165, 1.54) is 19.3 Å². The number of nitrogens with two attached hydrogens (primary N) is 1. The molecule has 3 N–H and O–H groups in total. The van der Waals surface area contributed by atoms with Crippen LogP contribution in [0.2, 0.25) is 0 Å². The van der Waals surface area contributed by atoms with Gasteiger partial charge in [-0.3, -0.25) is 0 Å². The molecule has 4 nitrogen and oxygen atoms in total. The molecule has 1 aliphatic carbocycles. The van der Waals surface area contributed by atoms with E-state index in [4.69, 9.17) is 15.2 Å². The first-order valence-electron chi connectivity index (χ1n) is 6.58. The van der Waals surface area contributed by atoms with Crippen LogP contribution in [0.1, 0.15) is 37.7 Å². The van der Waals surface area contributed by atoms with Gasteiger partial charge in [0, 0.05) is 23.6 Å². The molecule has 3 rings (SSSR count). The van der Waals surface area contributed by atoms with Crippen LogP contribution in [0.3, 0.4) is 0 Å². The van der Waals surface area contributed by atoms with Crippen LogP contribution in [0.5, 0.6) is 17.2 Å². The fourth-order valence-electron chi connectivity index (χ4n) is 3.20. The molecule has 98 valence electrons. The van der Waals surface area contributed by atoms with Crippen LogP contribution < -0.4 is 15.2 Å². The van der Waals surface area contributed by atoms with Crippen LogP contribution in [0.4, 0.5) is 0 Å². The Labute approximate surface area is 107 Å². The first-order valence-corrected chi connectivity index (χ1v) is 6.58. The molecule has 1 aliphatic heterocycles. The minimum atomic E-state index is -0.0607. The van der Waals surface area contributed by atoms with Crippen molar-refractivity contribution in [2.45, 2.75) is 37.5 Å². The number of rotatable bonds is 2. The third kappa shape index (κ3) is 1.72. The molecule has 0 saturated heterocycles. The monoisotopic (exact) mass is 249 g/mol. The molecule has 0 bridgehead atoms. The zero-order valence-electron chi connectivity index (χ0n) is 10.4. The first kappa shape index (κ1) is 11.7. The van der Waals surface area contributed by atoms with Gasteiger partial charge in [0.25, 0.3) is 0 Å². The van der Waals surface area contributed by atoms with Gasteiger partial charge < -0.3 is 20.3 Å². The molecule has 1 saturated carbocycles. The molecule has 1 fully saturated rings. The van der Waals surface area contributed by atoms with E-state index in [1.54, 1.807) is 12.1 Å². The third-order valence-corrected chi connectivity index (χ3v) is 4.23. The van der Waals surface area contributed by atoms with E-state index < -0.39 is 0 Å². The quantitative estimate of drug-likeness (QED) is 0.844. The van der Waals surface area contributed by atoms with E-state index in [1.807, 2.05) is 0 Å². The lowest BCUT2D eigenvalue weighted by atomic mass is 9.69. The van der Waals surface area contributed by atoms with E-state index in [0.29, 0.717) is 12.3 Å². The summed E-state index contributed by atoms with van der Waals surface area (Å²) in [6.07, 6.45) is 5.75. The van der Waals surface area contributed by atoms with Crippen molar-refractivity contribution in [3.8, 4) is 17.2 Å². The van der Waals surface area contributed by atoms with Crippen molar-refractivity contribution in [2.24, 2.45) is 5.73 Å². The highest BCUT2D eigenvalue weighted by atomic mass is 16.7. The molecule has 4 heteroatoms. The van der Waals surface area contributed by atoms with Crippen LogP contribution in [0, 0.1) is 0 Å². The number of aromatic hydroxyl groups is 1. The first-order chi connectivity index (χ1) is 8.75. The second-order valence-electron chi connectivity index (χ2n) is 5.27. The number of fused-ring (bicyclic) bond motifs is 1. The number of ether oxygens (including phenoxy) is 2. The Morgan fingerprint density at radius 1 is 1.17 bits per heavy atom. The van der Waals surface area contributed by atoms with Crippen molar-refractivity contribution < 1.29 is 14.6 Å². The van der Waals surface area contributed by atoms with Gasteiger partial charge in [-0.25, -0.2) is 0 Å². The van der Waals surface area contributed by atoms with E-state index in [9.17, 15) is 5.11 Å². The average molecular weight is 249 g/mol. The Bertz CT molecular complexity index is 453. The Hall–Kier alpha value is -1.42. The van der Waals surface area contributed by atoms with Gasteiger partial charge in [0.15, 0.2) is 11.5 Å². The molecule has 1 aromatic rings. The molecule has 0 spiro atoms. The van der Waals surface area contributed by atoms with Gasteiger partial charge in [-0.1, -0.05) is 19.3 Å². The molecule has 0 radical (unpaired) electrons. The van der Waals surface area contributed by atoms with E-state index in [0.717, 1.165) is 24.2 Å². The van der Waals surface area contributed by atoms with Crippen molar-refractivity contribution in [3.63, 3.8) is 0 Å². The van der Waals surface area contributed by atoms with Gasteiger partial charge in [-0.05, 0) is 18.9 Å². The van der Waals surface area contributed by atoms with Crippen LogP contribution in [-0.4, -0.2) is 18.4 Å². The molecule has 1 heterocycles. The normalized spacial score (nSPS) is 20.9. The maximum atomic E-state index is 9.84. The highest BCUT2D eigenvalue weighted by molar-refractivity contribution is 5.55. The summed E-state index contributed by atoms with van der Waals surface area (Å²) in [6, 6.07) is 3.41. The highest BCUT2D eigenvalue weighted by Gasteiger charge is 2.37. The maximum absolute atomic E-state index is 9.84. The predicted molar refractivity (Wildman–Crippen MR) is 68.0 cm³/mol. The van der Waals surface area contributed by atoms with Gasteiger partial charge in [-0.2, -0.15) is 0 Å². The molecule has 0 aromatic heterocycles. The molecule has 0 amide bonds. The lowest BCUT2D eigenvalue weighted by molar-refractivity contribution is 0.170. The van der Waals surface area contributed by atoms with Crippen molar-refractivity contribution in [1.29, 1.82) is 0 Å². The summed E-state index contributed by atoms with van der Waals surface area (Å²) in [5.41, 5.74) is 7.00. The van der Waals surface area contributed by atoms with E-state index in [2.05, 4.69) is 0 Å². The van der Waals surface area contributed by atoms with Crippen LogP contribution in [0.15, 0.2) is 12.1 Å². The minimum absolute atomic E-state index is 0.0607. The zero-order valence-corrected chi connectivity index (χ0v) is 10.4. The fourth-order valence-corrected chi connectivity index (χ4v) is 3.20. The fraction of sp³-hybridized carbons (Fsp3) is 0.571.